The number of carbonyl (C=O) groups is 2. The number of hydrogen-bond acceptors (Lipinski definition) is 4. The van der Waals surface area contributed by atoms with E-state index in [0.29, 0.717) is 12.5 Å². The van der Waals surface area contributed by atoms with Crippen LogP contribution in [0.1, 0.15) is 43.2 Å². The summed E-state index contributed by atoms with van der Waals surface area (Å²) >= 11 is 1.61. The third-order valence-electron chi connectivity index (χ3n) is 5.63. The number of thiazole rings is 1. The van der Waals surface area contributed by atoms with Gasteiger partial charge in [0.05, 0.1) is 21.1 Å². The zero-order chi connectivity index (χ0) is 20.5. The first kappa shape index (κ1) is 19.6. The van der Waals surface area contributed by atoms with Gasteiger partial charge in [-0.25, -0.2) is 4.98 Å². The summed E-state index contributed by atoms with van der Waals surface area (Å²) < 4.78 is 1.05. The van der Waals surface area contributed by atoms with Crippen LogP contribution in [0.25, 0.3) is 10.2 Å². The van der Waals surface area contributed by atoms with Crippen molar-refractivity contribution in [1.82, 2.24) is 4.98 Å². The molecule has 1 N–H and O–H groups in total. The van der Waals surface area contributed by atoms with Crippen molar-refractivity contribution in [1.29, 1.82) is 0 Å². The maximum atomic E-state index is 12.9. The van der Waals surface area contributed by atoms with Crippen LogP contribution in [0.2, 0.25) is 0 Å². The molecule has 150 valence electrons. The van der Waals surface area contributed by atoms with E-state index in [1.165, 1.54) is 0 Å². The molecule has 5 nitrogen and oxygen atoms in total. The fourth-order valence-electron chi connectivity index (χ4n) is 3.85. The van der Waals surface area contributed by atoms with Gasteiger partial charge in [-0.15, -0.1) is 11.3 Å². The number of aromatic nitrogens is 1. The SMILES string of the molecule is CC[C@@H](C)c1ccccc1N1C[C@@H](C(=O)Nc2ccc3nc(C)sc3c2)CC1=O. The fourth-order valence-corrected chi connectivity index (χ4v) is 4.71. The van der Waals surface area contributed by atoms with Crippen molar-refractivity contribution in [3.63, 3.8) is 0 Å². The van der Waals surface area contributed by atoms with Gasteiger partial charge in [0.25, 0.3) is 0 Å². The number of fused-ring (bicyclic) bond motifs is 1. The maximum absolute atomic E-state index is 12.9. The van der Waals surface area contributed by atoms with Crippen molar-refractivity contribution in [3.8, 4) is 0 Å². The first-order chi connectivity index (χ1) is 14.0. The van der Waals surface area contributed by atoms with E-state index in [0.717, 1.165) is 38.6 Å². The molecule has 29 heavy (non-hydrogen) atoms. The quantitative estimate of drug-likeness (QED) is 0.639. The summed E-state index contributed by atoms with van der Waals surface area (Å²) in [7, 11) is 0. The van der Waals surface area contributed by atoms with E-state index in [2.05, 4.69) is 30.2 Å². The molecule has 0 aliphatic carbocycles. The molecule has 1 aliphatic heterocycles. The lowest BCUT2D eigenvalue weighted by atomic mass is 9.96. The summed E-state index contributed by atoms with van der Waals surface area (Å²) in [5.41, 5.74) is 3.78. The monoisotopic (exact) mass is 407 g/mol. The molecule has 1 aromatic heterocycles. The van der Waals surface area contributed by atoms with Gasteiger partial charge in [0.2, 0.25) is 11.8 Å². The minimum atomic E-state index is -0.355. The summed E-state index contributed by atoms with van der Waals surface area (Å²) in [6.07, 6.45) is 1.24. The number of carbonyl (C=O) groups excluding carboxylic acids is 2. The highest BCUT2D eigenvalue weighted by molar-refractivity contribution is 7.18. The Bertz CT molecular complexity index is 1070. The second kappa shape index (κ2) is 7.95. The van der Waals surface area contributed by atoms with E-state index in [-0.39, 0.29) is 24.2 Å². The van der Waals surface area contributed by atoms with Crippen LogP contribution in [-0.2, 0) is 9.59 Å². The Balaban J connectivity index is 1.51. The number of para-hydroxylation sites is 1. The normalized spacial score (nSPS) is 17.7. The molecule has 0 bridgehead atoms. The highest BCUT2D eigenvalue weighted by Crippen LogP contribution is 2.34. The van der Waals surface area contributed by atoms with Crippen LogP contribution < -0.4 is 10.2 Å². The zero-order valence-electron chi connectivity index (χ0n) is 16.9. The molecule has 6 heteroatoms. The fraction of sp³-hybridized carbons (Fsp3) is 0.348. The Hall–Kier alpha value is -2.73. The molecule has 2 aromatic carbocycles. The first-order valence-electron chi connectivity index (χ1n) is 10.0. The number of nitrogens with zero attached hydrogens (tertiary/aromatic N) is 2. The molecular formula is C23H25N3O2S. The average molecular weight is 408 g/mol. The van der Waals surface area contributed by atoms with Crippen LogP contribution in [0.3, 0.4) is 0 Å². The Morgan fingerprint density at radius 3 is 2.90 bits per heavy atom. The number of nitrogens with one attached hydrogen (secondary N) is 1. The zero-order valence-corrected chi connectivity index (χ0v) is 17.8. The molecule has 0 saturated carbocycles. The Morgan fingerprint density at radius 2 is 2.10 bits per heavy atom. The van der Waals surface area contributed by atoms with E-state index in [1.54, 1.807) is 16.2 Å². The largest absolute Gasteiger partial charge is 0.326 e. The highest BCUT2D eigenvalue weighted by atomic mass is 32.1. The van der Waals surface area contributed by atoms with E-state index >= 15 is 0 Å². The Labute approximate surface area is 174 Å². The summed E-state index contributed by atoms with van der Waals surface area (Å²) in [5, 5.41) is 3.99. The first-order valence-corrected chi connectivity index (χ1v) is 10.8. The van der Waals surface area contributed by atoms with Gasteiger partial charge in [-0.3, -0.25) is 9.59 Å². The van der Waals surface area contributed by atoms with Crippen LogP contribution in [0.15, 0.2) is 42.5 Å². The van der Waals surface area contributed by atoms with Gasteiger partial charge in [0.1, 0.15) is 0 Å². The predicted octanol–water partition coefficient (Wildman–Crippen LogP) is 5.11. The van der Waals surface area contributed by atoms with Gasteiger partial charge in [0.15, 0.2) is 0 Å². The maximum Gasteiger partial charge on any atom is 0.229 e. The van der Waals surface area contributed by atoms with Crippen molar-refractivity contribution in [3.05, 3.63) is 53.0 Å². The molecule has 0 unspecified atom stereocenters. The Morgan fingerprint density at radius 1 is 1.31 bits per heavy atom. The lowest BCUT2D eigenvalue weighted by Crippen LogP contribution is -2.29. The second-order valence-electron chi connectivity index (χ2n) is 7.68. The van der Waals surface area contributed by atoms with Crippen molar-refractivity contribution >= 4 is 44.7 Å². The number of hydrogen-bond donors (Lipinski definition) is 1. The Kier molecular flexibility index (Phi) is 5.37. The summed E-state index contributed by atoms with van der Waals surface area (Å²) in [5.74, 6) is -0.0928. The predicted molar refractivity (Wildman–Crippen MR) is 119 cm³/mol. The lowest BCUT2D eigenvalue weighted by molar-refractivity contribution is -0.122. The molecule has 1 fully saturated rings. The number of anilines is 2. The van der Waals surface area contributed by atoms with Gasteiger partial charge in [-0.05, 0) is 49.1 Å². The van der Waals surface area contributed by atoms with Crippen LogP contribution in [0.5, 0.6) is 0 Å². The number of aryl methyl sites for hydroxylation is 1. The number of benzene rings is 2. The van der Waals surface area contributed by atoms with Crippen molar-refractivity contribution in [2.75, 3.05) is 16.8 Å². The van der Waals surface area contributed by atoms with Crippen LogP contribution in [0, 0.1) is 12.8 Å². The molecule has 4 rings (SSSR count). The average Bonchev–Trinajstić information content (AvgIpc) is 3.28. The summed E-state index contributed by atoms with van der Waals surface area (Å²) in [6.45, 7) is 6.70. The van der Waals surface area contributed by atoms with E-state index in [1.807, 2.05) is 43.3 Å². The van der Waals surface area contributed by atoms with Crippen LogP contribution in [-0.4, -0.2) is 23.3 Å². The van der Waals surface area contributed by atoms with Gasteiger partial charge in [-0.2, -0.15) is 0 Å². The number of rotatable bonds is 5. The smallest absolute Gasteiger partial charge is 0.229 e. The van der Waals surface area contributed by atoms with Gasteiger partial charge in [-0.1, -0.05) is 32.0 Å². The van der Waals surface area contributed by atoms with E-state index < -0.39 is 0 Å². The van der Waals surface area contributed by atoms with Crippen molar-refractivity contribution < 1.29 is 9.59 Å². The molecule has 3 aromatic rings. The minimum absolute atomic E-state index is 0.00874. The molecular weight excluding hydrogens is 382 g/mol. The van der Waals surface area contributed by atoms with Crippen LogP contribution in [0.4, 0.5) is 11.4 Å². The highest BCUT2D eigenvalue weighted by Gasteiger charge is 2.36. The molecule has 1 saturated heterocycles. The third kappa shape index (κ3) is 3.90. The molecule has 2 atom stereocenters. The van der Waals surface area contributed by atoms with Crippen molar-refractivity contribution in [2.24, 2.45) is 5.92 Å². The molecule has 2 amide bonds. The minimum Gasteiger partial charge on any atom is -0.326 e. The molecule has 0 spiro atoms. The van der Waals surface area contributed by atoms with Gasteiger partial charge in [0, 0.05) is 24.3 Å². The lowest BCUT2D eigenvalue weighted by Gasteiger charge is -2.23. The number of amides is 2. The van der Waals surface area contributed by atoms with Crippen molar-refractivity contribution in [2.45, 2.75) is 39.5 Å². The topological polar surface area (TPSA) is 62.3 Å². The van der Waals surface area contributed by atoms with Crippen LogP contribution >= 0.6 is 11.3 Å². The molecule has 2 heterocycles. The van der Waals surface area contributed by atoms with Gasteiger partial charge >= 0.3 is 0 Å². The van der Waals surface area contributed by atoms with Gasteiger partial charge < -0.3 is 10.2 Å². The molecule has 0 radical (unpaired) electrons. The second-order valence-corrected chi connectivity index (χ2v) is 8.91. The third-order valence-corrected chi connectivity index (χ3v) is 6.56. The summed E-state index contributed by atoms with van der Waals surface area (Å²) in [6, 6.07) is 13.8. The van der Waals surface area contributed by atoms with E-state index in [9.17, 15) is 9.59 Å². The summed E-state index contributed by atoms with van der Waals surface area (Å²) in [4.78, 5) is 31.8. The molecule has 1 aliphatic rings. The van der Waals surface area contributed by atoms with E-state index in [4.69, 9.17) is 0 Å². The standard InChI is InChI=1S/C23H25N3O2S/c1-4-14(2)18-7-5-6-8-20(18)26-13-16(11-22(26)27)23(28)25-17-9-10-19-21(12-17)29-15(3)24-19/h5-10,12,14,16H,4,11,13H2,1-3H3,(H,25,28)/t14-,16+/m1/s1.